The number of pyridine rings is 1. The highest BCUT2D eigenvalue weighted by Crippen LogP contribution is 2.21. The molecular formula is C16H17NO4. The highest BCUT2D eigenvalue weighted by molar-refractivity contribution is 5.87. The Kier molecular flexibility index (Phi) is 4.42. The number of aromatic carboxylic acids is 1. The number of carboxylic acid groups (broad SMARTS) is 1. The van der Waals surface area contributed by atoms with Gasteiger partial charge in [-0.1, -0.05) is 37.3 Å². The Hall–Kier alpha value is -2.56. The molecule has 1 atom stereocenters. The number of benzene rings is 1. The molecule has 0 unspecified atom stereocenters. The SMILES string of the molecule is CC[C@H](Cn1cc(O)c(=O)c(C(=O)O)c1)c1ccccc1. The molecule has 0 aliphatic carbocycles. The molecule has 2 rings (SSSR count). The third-order valence-corrected chi connectivity index (χ3v) is 3.49. The molecule has 110 valence electrons. The maximum Gasteiger partial charge on any atom is 0.341 e. The van der Waals surface area contributed by atoms with Crippen molar-refractivity contribution in [3.8, 4) is 5.75 Å². The lowest BCUT2D eigenvalue weighted by molar-refractivity contribution is 0.0693. The minimum Gasteiger partial charge on any atom is -0.503 e. The lowest BCUT2D eigenvalue weighted by atomic mass is 9.96. The van der Waals surface area contributed by atoms with Crippen LogP contribution in [0.3, 0.4) is 0 Å². The molecule has 1 heterocycles. The van der Waals surface area contributed by atoms with Crippen molar-refractivity contribution in [2.75, 3.05) is 0 Å². The molecule has 21 heavy (non-hydrogen) atoms. The van der Waals surface area contributed by atoms with Crippen LogP contribution < -0.4 is 5.43 Å². The molecule has 1 aromatic carbocycles. The van der Waals surface area contributed by atoms with E-state index in [4.69, 9.17) is 5.11 Å². The third-order valence-electron chi connectivity index (χ3n) is 3.49. The van der Waals surface area contributed by atoms with Crippen molar-refractivity contribution < 1.29 is 15.0 Å². The minimum atomic E-state index is -1.34. The third kappa shape index (κ3) is 3.31. The summed E-state index contributed by atoms with van der Waals surface area (Å²) in [6.07, 6.45) is 3.41. The van der Waals surface area contributed by atoms with Gasteiger partial charge in [0.25, 0.3) is 0 Å². The van der Waals surface area contributed by atoms with Crippen LogP contribution in [0.5, 0.6) is 5.75 Å². The normalized spacial score (nSPS) is 12.0. The van der Waals surface area contributed by atoms with Gasteiger partial charge in [0, 0.05) is 24.9 Å². The van der Waals surface area contributed by atoms with Crippen LogP contribution in [-0.4, -0.2) is 20.7 Å². The van der Waals surface area contributed by atoms with E-state index in [0.717, 1.165) is 12.0 Å². The first kappa shape index (κ1) is 14.8. The molecule has 0 aliphatic heterocycles. The predicted molar refractivity (Wildman–Crippen MR) is 78.8 cm³/mol. The fourth-order valence-corrected chi connectivity index (χ4v) is 2.32. The van der Waals surface area contributed by atoms with Crippen LogP contribution in [0.2, 0.25) is 0 Å². The molecule has 0 amide bonds. The van der Waals surface area contributed by atoms with Gasteiger partial charge in [0.15, 0.2) is 5.75 Å². The minimum absolute atomic E-state index is 0.176. The van der Waals surface area contributed by atoms with Gasteiger partial charge in [-0.2, -0.15) is 0 Å². The van der Waals surface area contributed by atoms with Crippen LogP contribution in [-0.2, 0) is 6.54 Å². The maximum atomic E-state index is 11.5. The number of rotatable bonds is 5. The molecule has 0 saturated heterocycles. The Bertz CT molecular complexity index is 691. The Morgan fingerprint density at radius 1 is 1.24 bits per heavy atom. The first-order chi connectivity index (χ1) is 10.0. The van der Waals surface area contributed by atoms with Crippen molar-refractivity contribution >= 4 is 5.97 Å². The van der Waals surface area contributed by atoms with Crippen LogP contribution >= 0.6 is 0 Å². The zero-order chi connectivity index (χ0) is 15.4. The molecule has 5 nitrogen and oxygen atoms in total. The summed E-state index contributed by atoms with van der Waals surface area (Å²) in [5.41, 5.74) is -0.139. The van der Waals surface area contributed by atoms with E-state index < -0.39 is 22.7 Å². The summed E-state index contributed by atoms with van der Waals surface area (Å²) in [6.45, 7) is 2.53. The van der Waals surface area contributed by atoms with Crippen molar-refractivity contribution in [2.45, 2.75) is 25.8 Å². The number of hydrogen-bond acceptors (Lipinski definition) is 3. The zero-order valence-corrected chi connectivity index (χ0v) is 11.7. The van der Waals surface area contributed by atoms with Gasteiger partial charge in [-0.25, -0.2) is 4.79 Å². The summed E-state index contributed by atoms with van der Waals surface area (Å²) in [6, 6.07) is 9.85. The second kappa shape index (κ2) is 6.26. The smallest absolute Gasteiger partial charge is 0.341 e. The van der Waals surface area contributed by atoms with E-state index in [1.54, 1.807) is 4.57 Å². The van der Waals surface area contributed by atoms with E-state index in [-0.39, 0.29) is 5.92 Å². The number of carbonyl (C=O) groups is 1. The topological polar surface area (TPSA) is 79.5 Å². The second-order valence-corrected chi connectivity index (χ2v) is 4.90. The van der Waals surface area contributed by atoms with Crippen molar-refractivity contribution in [2.24, 2.45) is 0 Å². The summed E-state index contributed by atoms with van der Waals surface area (Å²) in [4.78, 5) is 22.6. The zero-order valence-electron chi connectivity index (χ0n) is 11.7. The number of aromatic nitrogens is 1. The molecule has 0 spiro atoms. The van der Waals surface area contributed by atoms with Crippen LogP contribution in [0.4, 0.5) is 0 Å². The summed E-state index contributed by atoms with van der Waals surface area (Å²) >= 11 is 0. The number of aromatic hydroxyl groups is 1. The Balaban J connectivity index is 2.34. The molecule has 0 radical (unpaired) electrons. The van der Waals surface area contributed by atoms with Crippen molar-refractivity contribution in [3.63, 3.8) is 0 Å². The lowest BCUT2D eigenvalue weighted by Gasteiger charge is -2.18. The Morgan fingerprint density at radius 2 is 1.90 bits per heavy atom. The summed E-state index contributed by atoms with van der Waals surface area (Å²) < 4.78 is 1.56. The van der Waals surface area contributed by atoms with E-state index in [0.29, 0.717) is 6.54 Å². The highest BCUT2D eigenvalue weighted by Gasteiger charge is 2.15. The van der Waals surface area contributed by atoms with E-state index in [1.807, 2.05) is 37.3 Å². The monoisotopic (exact) mass is 287 g/mol. The van der Waals surface area contributed by atoms with Gasteiger partial charge >= 0.3 is 5.97 Å². The van der Waals surface area contributed by atoms with Gasteiger partial charge < -0.3 is 14.8 Å². The Morgan fingerprint density at radius 3 is 2.48 bits per heavy atom. The number of nitrogens with zero attached hydrogens (tertiary/aromatic N) is 1. The number of carboxylic acids is 1. The Labute approximate surface area is 122 Å². The quantitative estimate of drug-likeness (QED) is 0.885. The van der Waals surface area contributed by atoms with Crippen LogP contribution in [0.1, 0.15) is 35.2 Å². The first-order valence-electron chi connectivity index (χ1n) is 6.74. The van der Waals surface area contributed by atoms with Crippen LogP contribution in [0.25, 0.3) is 0 Å². The molecule has 0 aliphatic rings. The van der Waals surface area contributed by atoms with Crippen LogP contribution in [0.15, 0.2) is 47.5 Å². The van der Waals surface area contributed by atoms with Gasteiger partial charge in [0.2, 0.25) is 5.43 Å². The summed E-state index contributed by atoms with van der Waals surface area (Å²) in [7, 11) is 0. The van der Waals surface area contributed by atoms with Crippen molar-refractivity contribution in [3.05, 3.63) is 64.1 Å². The van der Waals surface area contributed by atoms with Crippen molar-refractivity contribution in [1.82, 2.24) is 4.57 Å². The lowest BCUT2D eigenvalue weighted by Crippen LogP contribution is -2.19. The predicted octanol–water partition coefficient (Wildman–Crippen LogP) is 2.45. The average molecular weight is 287 g/mol. The standard InChI is InChI=1S/C16H17NO4/c1-2-11(12-6-4-3-5-7-12)8-17-9-13(16(20)21)15(19)14(18)10-17/h3-7,9-11,18H,2,8H2,1H3,(H,20,21)/t11-/m1/s1. The summed E-state index contributed by atoms with van der Waals surface area (Å²) in [5, 5.41) is 18.6. The van der Waals surface area contributed by atoms with Gasteiger partial charge in [0.1, 0.15) is 5.56 Å². The summed E-state index contributed by atoms with van der Waals surface area (Å²) in [5.74, 6) is -1.70. The molecule has 2 N–H and O–H groups in total. The van der Waals surface area contributed by atoms with Crippen molar-refractivity contribution in [1.29, 1.82) is 0 Å². The first-order valence-corrected chi connectivity index (χ1v) is 6.74. The molecule has 0 saturated carbocycles. The largest absolute Gasteiger partial charge is 0.503 e. The van der Waals surface area contributed by atoms with Gasteiger partial charge in [-0.3, -0.25) is 4.79 Å². The fraction of sp³-hybridized carbons (Fsp3) is 0.250. The van der Waals surface area contributed by atoms with E-state index in [2.05, 4.69) is 0 Å². The highest BCUT2D eigenvalue weighted by atomic mass is 16.4. The van der Waals surface area contributed by atoms with E-state index >= 15 is 0 Å². The molecule has 0 fully saturated rings. The number of hydrogen-bond donors (Lipinski definition) is 2. The molecule has 0 bridgehead atoms. The van der Waals surface area contributed by atoms with E-state index in [1.165, 1.54) is 12.4 Å². The molecule has 5 heteroatoms. The fourth-order valence-electron chi connectivity index (χ4n) is 2.32. The second-order valence-electron chi connectivity index (χ2n) is 4.90. The average Bonchev–Trinajstić information content (AvgIpc) is 2.48. The molecule has 2 aromatic rings. The van der Waals surface area contributed by atoms with Gasteiger partial charge in [-0.05, 0) is 12.0 Å². The molecular weight excluding hydrogens is 270 g/mol. The van der Waals surface area contributed by atoms with Gasteiger partial charge in [-0.15, -0.1) is 0 Å². The van der Waals surface area contributed by atoms with E-state index in [9.17, 15) is 14.7 Å². The maximum absolute atomic E-state index is 11.5. The van der Waals surface area contributed by atoms with Crippen LogP contribution in [0, 0.1) is 0 Å². The molecule has 1 aromatic heterocycles. The van der Waals surface area contributed by atoms with Gasteiger partial charge in [0.05, 0.1) is 0 Å².